The van der Waals surface area contributed by atoms with Crippen molar-refractivity contribution in [3.05, 3.63) is 59.9 Å². The highest BCUT2D eigenvalue weighted by molar-refractivity contribution is 5.83. The monoisotopic (exact) mass is 254 g/mol. The van der Waals surface area contributed by atoms with Crippen molar-refractivity contribution in [2.24, 2.45) is 0 Å². The lowest BCUT2D eigenvalue weighted by atomic mass is 10.1. The quantitative estimate of drug-likeness (QED) is 0.626. The van der Waals surface area contributed by atoms with E-state index in [0.717, 1.165) is 35.1 Å². The van der Waals surface area contributed by atoms with Gasteiger partial charge in [-0.15, -0.1) is 0 Å². The van der Waals surface area contributed by atoms with E-state index in [9.17, 15) is 4.39 Å². The predicted octanol–water partition coefficient (Wildman–Crippen LogP) is 5.19. The van der Waals surface area contributed by atoms with E-state index in [0.29, 0.717) is 0 Å². The van der Waals surface area contributed by atoms with Gasteiger partial charge in [-0.3, -0.25) is 0 Å². The summed E-state index contributed by atoms with van der Waals surface area (Å²) in [5.41, 5.74) is 3.09. The molecular weight excluding hydrogens is 239 g/mol. The van der Waals surface area contributed by atoms with Crippen LogP contribution in [0, 0.1) is 5.82 Å². The van der Waals surface area contributed by atoms with Gasteiger partial charge in [0, 0.05) is 10.9 Å². The molecule has 1 nitrogen and oxygen atoms in total. The Kier molecular flexibility index (Phi) is 3.08. The van der Waals surface area contributed by atoms with E-state index in [-0.39, 0.29) is 5.82 Å². The van der Waals surface area contributed by atoms with E-state index in [2.05, 4.69) is 19.1 Å². The summed E-state index contributed by atoms with van der Waals surface area (Å²) in [7, 11) is 0. The van der Waals surface area contributed by atoms with Crippen LogP contribution in [-0.2, 0) is 6.42 Å². The van der Waals surface area contributed by atoms with Gasteiger partial charge in [0.15, 0.2) is 0 Å². The van der Waals surface area contributed by atoms with Crippen molar-refractivity contribution < 1.29 is 8.81 Å². The van der Waals surface area contributed by atoms with E-state index in [1.54, 1.807) is 12.1 Å². The molecule has 0 fully saturated rings. The van der Waals surface area contributed by atoms with Crippen molar-refractivity contribution in [3.8, 4) is 11.3 Å². The van der Waals surface area contributed by atoms with E-state index in [1.165, 1.54) is 17.7 Å². The van der Waals surface area contributed by atoms with E-state index < -0.39 is 0 Å². The van der Waals surface area contributed by atoms with Crippen molar-refractivity contribution >= 4 is 11.0 Å². The molecule has 0 atom stereocenters. The largest absolute Gasteiger partial charge is 0.456 e. The Balaban J connectivity index is 2.03. The normalized spacial score (nSPS) is 11.1. The minimum absolute atomic E-state index is 0.231. The maximum atomic E-state index is 12.9. The van der Waals surface area contributed by atoms with Crippen LogP contribution < -0.4 is 0 Å². The summed E-state index contributed by atoms with van der Waals surface area (Å²) in [4.78, 5) is 0. The lowest BCUT2D eigenvalue weighted by Crippen LogP contribution is -1.80. The minimum Gasteiger partial charge on any atom is -0.456 e. The maximum Gasteiger partial charge on any atom is 0.135 e. The standard InChI is InChI=1S/C17H15FO/c1-2-3-12-4-9-16-14(10-12)11-17(19-16)13-5-7-15(18)8-6-13/h4-11H,2-3H2,1H3. The van der Waals surface area contributed by atoms with Crippen LogP contribution in [0.25, 0.3) is 22.3 Å². The Morgan fingerprint density at radius 3 is 2.53 bits per heavy atom. The van der Waals surface area contributed by atoms with Crippen molar-refractivity contribution in [1.29, 1.82) is 0 Å². The summed E-state index contributed by atoms with van der Waals surface area (Å²) in [6.07, 6.45) is 2.21. The van der Waals surface area contributed by atoms with E-state index in [1.807, 2.05) is 12.1 Å². The lowest BCUT2D eigenvalue weighted by Gasteiger charge is -1.96. The van der Waals surface area contributed by atoms with Gasteiger partial charge in [0.05, 0.1) is 0 Å². The molecule has 0 aliphatic carbocycles. The molecule has 1 heterocycles. The molecule has 3 aromatic rings. The fourth-order valence-corrected chi connectivity index (χ4v) is 2.29. The first-order valence-electron chi connectivity index (χ1n) is 6.54. The molecule has 0 bridgehead atoms. The minimum atomic E-state index is -0.231. The third-order valence-electron chi connectivity index (χ3n) is 3.25. The summed E-state index contributed by atoms with van der Waals surface area (Å²) < 4.78 is 18.7. The van der Waals surface area contributed by atoms with Crippen LogP contribution >= 0.6 is 0 Å². The average Bonchev–Trinajstić information content (AvgIpc) is 2.83. The van der Waals surface area contributed by atoms with Crippen molar-refractivity contribution in [1.82, 2.24) is 0 Å². The van der Waals surface area contributed by atoms with Gasteiger partial charge >= 0.3 is 0 Å². The number of benzene rings is 2. The molecule has 0 aliphatic heterocycles. The highest BCUT2D eigenvalue weighted by atomic mass is 19.1. The molecule has 2 aromatic carbocycles. The average molecular weight is 254 g/mol. The number of aryl methyl sites for hydroxylation is 1. The molecule has 0 saturated heterocycles. The number of hydrogen-bond donors (Lipinski definition) is 0. The molecule has 0 spiro atoms. The highest BCUT2D eigenvalue weighted by Gasteiger charge is 2.06. The fraction of sp³-hybridized carbons (Fsp3) is 0.176. The van der Waals surface area contributed by atoms with Crippen LogP contribution in [0.3, 0.4) is 0 Å². The zero-order chi connectivity index (χ0) is 13.2. The first-order valence-corrected chi connectivity index (χ1v) is 6.54. The number of fused-ring (bicyclic) bond motifs is 1. The number of halogens is 1. The number of hydrogen-bond acceptors (Lipinski definition) is 1. The Morgan fingerprint density at radius 1 is 1.00 bits per heavy atom. The van der Waals surface area contributed by atoms with Crippen LogP contribution in [0.1, 0.15) is 18.9 Å². The molecule has 1 aromatic heterocycles. The van der Waals surface area contributed by atoms with Crippen LogP contribution in [0.4, 0.5) is 4.39 Å². The molecule has 0 saturated carbocycles. The number of rotatable bonds is 3. The third-order valence-corrected chi connectivity index (χ3v) is 3.25. The summed E-state index contributed by atoms with van der Waals surface area (Å²) in [6.45, 7) is 2.17. The van der Waals surface area contributed by atoms with E-state index in [4.69, 9.17) is 4.42 Å². The van der Waals surface area contributed by atoms with Crippen LogP contribution in [0.5, 0.6) is 0 Å². The maximum absolute atomic E-state index is 12.9. The van der Waals surface area contributed by atoms with Gasteiger partial charge in [-0.25, -0.2) is 4.39 Å². The Labute approximate surface area is 111 Å². The predicted molar refractivity (Wildman–Crippen MR) is 75.6 cm³/mol. The zero-order valence-corrected chi connectivity index (χ0v) is 10.8. The molecule has 3 rings (SSSR count). The Bertz CT molecular complexity index is 695. The molecule has 0 amide bonds. The second-order valence-electron chi connectivity index (χ2n) is 4.74. The molecular formula is C17H15FO. The fourth-order valence-electron chi connectivity index (χ4n) is 2.29. The molecule has 96 valence electrons. The molecule has 0 N–H and O–H groups in total. The van der Waals surface area contributed by atoms with Gasteiger partial charge in [0.1, 0.15) is 17.2 Å². The van der Waals surface area contributed by atoms with Gasteiger partial charge in [-0.1, -0.05) is 19.4 Å². The summed E-state index contributed by atoms with van der Waals surface area (Å²) in [6, 6.07) is 14.7. The SMILES string of the molecule is CCCc1ccc2oc(-c3ccc(F)cc3)cc2c1. The van der Waals surface area contributed by atoms with Gasteiger partial charge in [-0.05, 0) is 54.4 Å². The zero-order valence-electron chi connectivity index (χ0n) is 10.8. The highest BCUT2D eigenvalue weighted by Crippen LogP contribution is 2.28. The Hall–Kier alpha value is -2.09. The van der Waals surface area contributed by atoms with Crippen LogP contribution in [-0.4, -0.2) is 0 Å². The van der Waals surface area contributed by atoms with Gasteiger partial charge in [-0.2, -0.15) is 0 Å². The summed E-state index contributed by atoms with van der Waals surface area (Å²) >= 11 is 0. The van der Waals surface area contributed by atoms with E-state index >= 15 is 0 Å². The lowest BCUT2D eigenvalue weighted by molar-refractivity contribution is 0.623. The first kappa shape index (κ1) is 12.0. The van der Waals surface area contributed by atoms with Crippen molar-refractivity contribution in [2.45, 2.75) is 19.8 Å². The smallest absolute Gasteiger partial charge is 0.135 e. The third kappa shape index (κ3) is 2.39. The summed E-state index contributed by atoms with van der Waals surface area (Å²) in [5, 5.41) is 1.10. The Morgan fingerprint density at radius 2 is 1.79 bits per heavy atom. The summed E-state index contributed by atoms with van der Waals surface area (Å²) in [5.74, 6) is 0.550. The van der Waals surface area contributed by atoms with Crippen LogP contribution in [0.2, 0.25) is 0 Å². The second-order valence-corrected chi connectivity index (χ2v) is 4.74. The molecule has 0 unspecified atom stereocenters. The van der Waals surface area contributed by atoms with Crippen molar-refractivity contribution in [3.63, 3.8) is 0 Å². The number of furan rings is 1. The first-order chi connectivity index (χ1) is 9.26. The molecule has 0 radical (unpaired) electrons. The van der Waals surface area contributed by atoms with Crippen molar-refractivity contribution in [2.75, 3.05) is 0 Å². The second kappa shape index (κ2) is 4.88. The topological polar surface area (TPSA) is 13.1 Å². The molecule has 0 aliphatic rings. The van der Waals surface area contributed by atoms with Gasteiger partial charge in [0.2, 0.25) is 0 Å². The molecule has 19 heavy (non-hydrogen) atoms. The van der Waals surface area contributed by atoms with Gasteiger partial charge in [0.25, 0.3) is 0 Å². The van der Waals surface area contributed by atoms with Gasteiger partial charge < -0.3 is 4.42 Å². The molecule has 2 heteroatoms. The van der Waals surface area contributed by atoms with Crippen LogP contribution in [0.15, 0.2) is 52.9 Å².